The van der Waals surface area contributed by atoms with Gasteiger partial charge in [-0.05, 0) is 44.0 Å². The van der Waals surface area contributed by atoms with Crippen molar-refractivity contribution in [3.63, 3.8) is 0 Å². The molecule has 2 aromatic carbocycles. The van der Waals surface area contributed by atoms with Crippen LogP contribution in [0.4, 0.5) is 0 Å². The highest BCUT2D eigenvalue weighted by Crippen LogP contribution is 2.23. The molecule has 0 aliphatic rings. The van der Waals surface area contributed by atoms with Gasteiger partial charge in [0.25, 0.3) is 0 Å². The summed E-state index contributed by atoms with van der Waals surface area (Å²) in [5.41, 5.74) is 1.36. The van der Waals surface area contributed by atoms with E-state index in [0.717, 1.165) is 10.9 Å². The summed E-state index contributed by atoms with van der Waals surface area (Å²) < 4.78 is 0. The molecule has 0 saturated carbocycles. The molecule has 0 unspecified atom stereocenters. The fourth-order valence-electron chi connectivity index (χ4n) is 2.16. The number of nitrogens with one attached hydrogen (secondary N) is 1. The summed E-state index contributed by atoms with van der Waals surface area (Å²) in [7, 11) is 0. The summed E-state index contributed by atoms with van der Waals surface area (Å²) in [6, 6.07) is 15.8. The van der Waals surface area contributed by atoms with E-state index in [1.165, 1.54) is 16.3 Å². The van der Waals surface area contributed by atoms with Crippen molar-refractivity contribution in [2.75, 3.05) is 0 Å². The molecule has 0 atom stereocenters. The Balaban J connectivity index is 0.00000242. The molecule has 0 bridgehead atoms. The van der Waals surface area contributed by atoms with Crippen molar-refractivity contribution in [3.05, 3.63) is 48.0 Å². The maximum atomic E-state index is 4.68. The van der Waals surface area contributed by atoms with Crippen molar-refractivity contribution in [1.82, 2.24) is 5.32 Å². The van der Waals surface area contributed by atoms with Crippen LogP contribution < -0.4 is 5.32 Å². The first-order chi connectivity index (χ1) is 10.1. The molecule has 0 heterocycles. The van der Waals surface area contributed by atoms with E-state index < -0.39 is 0 Å². The Morgan fingerprint density at radius 2 is 1.73 bits per heavy atom. The van der Waals surface area contributed by atoms with E-state index in [0.29, 0.717) is 12.1 Å². The second kappa shape index (κ2) is 9.06. The summed E-state index contributed by atoms with van der Waals surface area (Å²) in [6.45, 7) is 8.52. The number of fused-ring (bicyclic) bond motifs is 1. The first-order valence-corrected chi connectivity index (χ1v) is 8.48. The Bertz CT molecular complexity index is 618. The van der Waals surface area contributed by atoms with E-state index in [1.54, 1.807) is 11.8 Å². The van der Waals surface area contributed by atoms with Gasteiger partial charge >= 0.3 is 0 Å². The molecule has 0 spiro atoms. The van der Waals surface area contributed by atoms with Crippen molar-refractivity contribution < 1.29 is 0 Å². The largest absolute Gasteiger partial charge is 0.363 e. The van der Waals surface area contributed by atoms with E-state index in [4.69, 9.17) is 0 Å². The SMILES string of the molecule is CC(C)N=C(NC(C)C)SCc1cccc2ccccc12.Cl. The third kappa shape index (κ3) is 5.54. The Morgan fingerprint density at radius 1 is 1.05 bits per heavy atom. The van der Waals surface area contributed by atoms with Crippen molar-refractivity contribution in [3.8, 4) is 0 Å². The van der Waals surface area contributed by atoms with Crippen LogP contribution >= 0.6 is 24.2 Å². The molecule has 4 heteroatoms. The lowest BCUT2D eigenvalue weighted by atomic mass is 10.1. The van der Waals surface area contributed by atoms with Gasteiger partial charge in [0.2, 0.25) is 0 Å². The van der Waals surface area contributed by atoms with Gasteiger partial charge in [-0.2, -0.15) is 0 Å². The van der Waals surface area contributed by atoms with Crippen molar-refractivity contribution in [2.24, 2.45) is 4.99 Å². The minimum atomic E-state index is 0. The quantitative estimate of drug-likeness (QED) is 0.608. The zero-order valence-electron chi connectivity index (χ0n) is 13.7. The lowest BCUT2D eigenvalue weighted by Gasteiger charge is -2.14. The summed E-state index contributed by atoms with van der Waals surface area (Å²) in [5.74, 6) is 0.937. The highest BCUT2D eigenvalue weighted by Gasteiger charge is 2.06. The highest BCUT2D eigenvalue weighted by atomic mass is 35.5. The minimum absolute atomic E-state index is 0. The molecule has 1 N–H and O–H groups in total. The molecule has 0 radical (unpaired) electrons. The van der Waals surface area contributed by atoms with Crippen LogP contribution in [-0.4, -0.2) is 17.3 Å². The molecule has 2 aromatic rings. The van der Waals surface area contributed by atoms with E-state index >= 15 is 0 Å². The smallest absolute Gasteiger partial charge is 0.157 e. The van der Waals surface area contributed by atoms with Crippen LogP contribution in [-0.2, 0) is 5.75 Å². The zero-order valence-corrected chi connectivity index (χ0v) is 15.3. The van der Waals surface area contributed by atoms with Crippen LogP contribution in [0.3, 0.4) is 0 Å². The van der Waals surface area contributed by atoms with Crippen molar-refractivity contribution in [2.45, 2.75) is 45.5 Å². The fourth-order valence-corrected chi connectivity index (χ4v) is 3.31. The van der Waals surface area contributed by atoms with Crippen LogP contribution in [0.25, 0.3) is 10.8 Å². The first-order valence-electron chi connectivity index (χ1n) is 7.50. The molecule has 0 amide bonds. The van der Waals surface area contributed by atoms with Gasteiger partial charge in [-0.3, -0.25) is 4.99 Å². The van der Waals surface area contributed by atoms with Crippen molar-refractivity contribution >= 4 is 40.1 Å². The number of benzene rings is 2. The van der Waals surface area contributed by atoms with E-state index in [1.807, 2.05) is 0 Å². The van der Waals surface area contributed by atoms with Crippen LogP contribution in [0.2, 0.25) is 0 Å². The molecular formula is C18H25ClN2S. The normalized spacial score (nSPS) is 11.8. The Morgan fingerprint density at radius 3 is 2.41 bits per heavy atom. The molecule has 0 aliphatic heterocycles. The monoisotopic (exact) mass is 336 g/mol. The minimum Gasteiger partial charge on any atom is -0.363 e. The first kappa shape index (κ1) is 18.9. The van der Waals surface area contributed by atoms with Gasteiger partial charge in [0, 0.05) is 17.8 Å². The molecule has 0 aliphatic carbocycles. The van der Waals surface area contributed by atoms with Gasteiger partial charge in [0.15, 0.2) is 5.17 Å². The second-order valence-electron chi connectivity index (χ2n) is 5.75. The van der Waals surface area contributed by atoms with Gasteiger partial charge in [-0.25, -0.2) is 0 Å². The van der Waals surface area contributed by atoms with Gasteiger partial charge < -0.3 is 5.32 Å². The lowest BCUT2D eigenvalue weighted by Crippen LogP contribution is -2.28. The third-order valence-electron chi connectivity index (χ3n) is 3.03. The number of hydrogen-bond acceptors (Lipinski definition) is 2. The number of hydrogen-bond donors (Lipinski definition) is 1. The topological polar surface area (TPSA) is 24.4 Å². The van der Waals surface area contributed by atoms with Gasteiger partial charge in [-0.15, -0.1) is 12.4 Å². The molecule has 2 nitrogen and oxygen atoms in total. The molecule has 0 fully saturated rings. The molecule has 0 saturated heterocycles. The van der Waals surface area contributed by atoms with Crippen LogP contribution in [0, 0.1) is 0 Å². The number of aliphatic imine (C=N–C) groups is 1. The molecule has 2 rings (SSSR count). The fraction of sp³-hybridized carbons (Fsp3) is 0.389. The highest BCUT2D eigenvalue weighted by molar-refractivity contribution is 8.13. The third-order valence-corrected chi connectivity index (χ3v) is 3.98. The lowest BCUT2D eigenvalue weighted by molar-refractivity contribution is 0.727. The van der Waals surface area contributed by atoms with Crippen molar-refractivity contribution in [1.29, 1.82) is 0 Å². The van der Waals surface area contributed by atoms with Gasteiger partial charge in [0.05, 0.1) is 0 Å². The second-order valence-corrected chi connectivity index (χ2v) is 6.72. The number of halogens is 1. The Kier molecular flexibility index (Phi) is 7.77. The number of rotatable bonds is 4. The molecule has 120 valence electrons. The number of nitrogens with zero attached hydrogens (tertiary/aromatic N) is 1. The van der Waals surface area contributed by atoms with E-state index in [-0.39, 0.29) is 12.4 Å². The zero-order chi connectivity index (χ0) is 15.2. The molecular weight excluding hydrogens is 312 g/mol. The summed E-state index contributed by atoms with van der Waals surface area (Å²) >= 11 is 1.79. The van der Waals surface area contributed by atoms with E-state index in [2.05, 4.69) is 80.5 Å². The Hall–Kier alpha value is -1.19. The average molecular weight is 337 g/mol. The van der Waals surface area contributed by atoms with Crippen LogP contribution in [0.5, 0.6) is 0 Å². The molecule has 0 aromatic heterocycles. The maximum absolute atomic E-state index is 4.68. The number of amidine groups is 1. The molecule has 22 heavy (non-hydrogen) atoms. The van der Waals surface area contributed by atoms with Gasteiger partial charge in [-0.1, -0.05) is 54.2 Å². The summed E-state index contributed by atoms with van der Waals surface area (Å²) in [4.78, 5) is 4.68. The summed E-state index contributed by atoms with van der Waals surface area (Å²) in [6.07, 6.45) is 0. The number of thioether (sulfide) groups is 1. The maximum Gasteiger partial charge on any atom is 0.157 e. The van der Waals surface area contributed by atoms with E-state index in [9.17, 15) is 0 Å². The average Bonchev–Trinajstić information content (AvgIpc) is 2.43. The predicted octanol–water partition coefficient (Wildman–Crippen LogP) is 5.26. The van der Waals surface area contributed by atoms with Crippen LogP contribution in [0.15, 0.2) is 47.5 Å². The predicted molar refractivity (Wildman–Crippen MR) is 103 cm³/mol. The van der Waals surface area contributed by atoms with Crippen LogP contribution in [0.1, 0.15) is 33.3 Å². The standard InChI is InChI=1S/C18H24N2S.ClH/c1-13(2)19-18(20-14(3)4)21-12-16-10-7-9-15-8-5-6-11-17(15)16;/h5-11,13-14H,12H2,1-4H3,(H,19,20);1H. The summed E-state index contributed by atoms with van der Waals surface area (Å²) in [5, 5.41) is 7.11. The Labute approximate surface area is 144 Å². The van der Waals surface area contributed by atoms with Gasteiger partial charge in [0.1, 0.15) is 0 Å².